The molecule has 1 heterocycles. The van der Waals surface area contributed by atoms with Crippen LogP contribution in [0.4, 0.5) is 0 Å². The molecule has 0 radical (unpaired) electrons. The molecule has 6 nitrogen and oxygen atoms in total. The molecule has 26 heavy (non-hydrogen) atoms. The van der Waals surface area contributed by atoms with Crippen LogP contribution in [0.15, 0.2) is 64.3 Å². The predicted octanol–water partition coefficient (Wildman–Crippen LogP) is 2.42. The lowest BCUT2D eigenvalue weighted by molar-refractivity contribution is 0.0941. The van der Waals surface area contributed by atoms with Crippen LogP contribution in [0.5, 0.6) is 0 Å². The van der Waals surface area contributed by atoms with E-state index < -0.39 is 9.84 Å². The molecular formula is C19H18N2O4S. The van der Waals surface area contributed by atoms with E-state index in [1.807, 2.05) is 0 Å². The Kier molecular flexibility index (Phi) is 4.65. The average Bonchev–Trinajstić information content (AvgIpc) is 2.60. The van der Waals surface area contributed by atoms with E-state index >= 15 is 0 Å². The number of para-hydroxylation sites is 1. The molecule has 2 aromatic carbocycles. The Labute approximate surface area is 150 Å². The molecule has 0 saturated heterocycles. The van der Waals surface area contributed by atoms with Crippen LogP contribution in [-0.4, -0.2) is 25.6 Å². The van der Waals surface area contributed by atoms with E-state index in [0.717, 1.165) is 11.8 Å². The van der Waals surface area contributed by atoms with Gasteiger partial charge in [-0.1, -0.05) is 30.3 Å². The largest absolute Gasteiger partial charge is 0.345 e. The Bertz CT molecular complexity index is 1130. The summed E-state index contributed by atoms with van der Waals surface area (Å²) >= 11 is 0. The minimum Gasteiger partial charge on any atom is -0.345 e. The summed E-state index contributed by atoms with van der Waals surface area (Å²) in [5, 5.41) is 3.51. The molecule has 1 amide bonds. The molecule has 1 atom stereocenters. The van der Waals surface area contributed by atoms with E-state index in [1.54, 1.807) is 43.3 Å². The smallest absolute Gasteiger partial charge is 0.252 e. The molecule has 3 aromatic rings. The number of aromatic amines is 1. The lowest BCUT2D eigenvalue weighted by atomic mass is 10.1. The number of amides is 1. The van der Waals surface area contributed by atoms with Gasteiger partial charge < -0.3 is 10.3 Å². The van der Waals surface area contributed by atoms with Gasteiger partial charge in [-0.05, 0) is 30.7 Å². The molecule has 0 bridgehead atoms. The zero-order chi connectivity index (χ0) is 18.9. The minimum absolute atomic E-state index is 0.223. The van der Waals surface area contributed by atoms with Gasteiger partial charge in [-0.15, -0.1) is 0 Å². The van der Waals surface area contributed by atoms with E-state index in [1.165, 1.54) is 18.2 Å². The number of aromatic nitrogens is 1. The molecule has 1 unspecified atom stereocenters. The summed E-state index contributed by atoms with van der Waals surface area (Å²) in [5.41, 5.74) is 1.30. The number of rotatable bonds is 4. The number of pyridine rings is 1. The normalized spacial score (nSPS) is 12.7. The minimum atomic E-state index is -3.27. The molecule has 2 N–H and O–H groups in total. The summed E-state index contributed by atoms with van der Waals surface area (Å²) in [5.74, 6) is -0.369. The SMILES string of the molecule is CC(NC(=O)c1cc(=O)[nH]c2ccccc12)c1ccc(S(C)(=O)=O)cc1. The fraction of sp³-hybridized carbons (Fsp3) is 0.158. The third-order valence-corrected chi connectivity index (χ3v) is 5.28. The molecule has 0 aliphatic heterocycles. The number of carbonyl (C=O) groups excluding carboxylic acids is 1. The maximum absolute atomic E-state index is 12.7. The summed E-state index contributed by atoms with van der Waals surface area (Å²) < 4.78 is 23.1. The molecule has 3 rings (SSSR count). The summed E-state index contributed by atoms with van der Waals surface area (Å²) in [4.78, 5) is 27.4. The standard InChI is InChI=1S/C19H18N2O4S/c1-12(13-7-9-14(10-8-13)26(2,24)25)20-19(23)16-11-18(22)21-17-6-4-3-5-15(16)17/h3-12H,1-2H3,(H,20,23)(H,21,22). The van der Waals surface area contributed by atoms with Crippen LogP contribution in [0.1, 0.15) is 28.9 Å². The number of carbonyl (C=O) groups is 1. The van der Waals surface area contributed by atoms with Crippen molar-refractivity contribution in [2.45, 2.75) is 17.9 Å². The highest BCUT2D eigenvalue weighted by Crippen LogP contribution is 2.19. The van der Waals surface area contributed by atoms with Gasteiger partial charge in [0.25, 0.3) is 5.91 Å². The number of benzene rings is 2. The first kappa shape index (κ1) is 17.9. The average molecular weight is 370 g/mol. The fourth-order valence-electron chi connectivity index (χ4n) is 2.75. The lowest BCUT2D eigenvalue weighted by Crippen LogP contribution is -2.28. The van der Waals surface area contributed by atoms with Crippen LogP contribution in [0.25, 0.3) is 10.9 Å². The zero-order valence-corrected chi connectivity index (χ0v) is 15.1. The van der Waals surface area contributed by atoms with Crippen LogP contribution in [-0.2, 0) is 9.84 Å². The lowest BCUT2D eigenvalue weighted by Gasteiger charge is -2.15. The van der Waals surface area contributed by atoms with E-state index in [-0.39, 0.29) is 22.4 Å². The second-order valence-electron chi connectivity index (χ2n) is 6.13. The highest BCUT2D eigenvalue weighted by Gasteiger charge is 2.16. The number of nitrogens with one attached hydrogen (secondary N) is 2. The van der Waals surface area contributed by atoms with Gasteiger partial charge >= 0.3 is 0 Å². The van der Waals surface area contributed by atoms with Gasteiger partial charge in [-0.25, -0.2) is 8.42 Å². The highest BCUT2D eigenvalue weighted by molar-refractivity contribution is 7.90. The second kappa shape index (κ2) is 6.76. The van der Waals surface area contributed by atoms with Crippen LogP contribution < -0.4 is 10.9 Å². The third-order valence-electron chi connectivity index (χ3n) is 4.15. The highest BCUT2D eigenvalue weighted by atomic mass is 32.2. The van der Waals surface area contributed by atoms with Crippen LogP contribution in [0.3, 0.4) is 0 Å². The first-order valence-corrected chi connectivity index (χ1v) is 9.88. The molecule has 1 aromatic heterocycles. The van der Waals surface area contributed by atoms with Crippen LogP contribution >= 0.6 is 0 Å². The fourth-order valence-corrected chi connectivity index (χ4v) is 3.38. The molecule has 0 spiro atoms. The van der Waals surface area contributed by atoms with Crippen molar-refractivity contribution in [1.29, 1.82) is 0 Å². The van der Waals surface area contributed by atoms with Gasteiger partial charge in [0.1, 0.15) is 0 Å². The first-order valence-electron chi connectivity index (χ1n) is 7.98. The van der Waals surface area contributed by atoms with Crippen molar-refractivity contribution in [3.63, 3.8) is 0 Å². The third kappa shape index (κ3) is 3.67. The number of hydrogen-bond donors (Lipinski definition) is 2. The molecular weight excluding hydrogens is 352 g/mol. The van der Waals surface area contributed by atoms with Crippen molar-refractivity contribution in [3.8, 4) is 0 Å². The van der Waals surface area contributed by atoms with Gasteiger partial charge in [0.05, 0.1) is 16.5 Å². The van der Waals surface area contributed by atoms with Gasteiger partial charge in [-0.3, -0.25) is 9.59 Å². The molecule has 134 valence electrons. The maximum Gasteiger partial charge on any atom is 0.252 e. The van der Waals surface area contributed by atoms with Crippen molar-refractivity contribution < 1.29 is 13.2 Å². The molecule has 0 fully saturated rings. The van der Waals surface area contributed by atoms with Crippen molar-refractivity contribution in [1.82, 2.24) is 10.3 Å². The monoisotopic (exact) mass is 370 g/mol. The van der Waals surface area contributed by atoms with Gasteiger partial charge in [0, 0.05) is 23.2 Å². The van der Waals surface area contributed by atoms with Crippen molar-refractivity contribution in [2.24, 2.45) is 0 Å². The second-order valence-corrected chi connectivity index (χ2v) is 8.14. The van der Waals surface area contributed by atoms with Crippen LogP contribution in [0.2, 0.25) is 0 Å². The Hall–Kier alpha value is -2.93. The van der Waals surface area contributed by atoms with Gasteiger partial charge in [-0.2, -0.15) is 0 Å². The summed E-state index contributed by atoms with van der Waals surface area (Å²) in [6, 6.07) is 14.4. The van der Waals surface area contributed by atoms with E-state index in [0.29, 0.717) is 16.5 Å². The van der Waals surface area contributed by atoms with E-state index in [2.05, 4.69) is 10.3 Å². The molecule has 0 aliphatic rings. The van der Waals surface area contributed by atoms with Crippen molar-refractivity contribution >= 4 is 26.6 Å². The first-order chi connectivity index (χ1) is 12.3. The van der Waals surface area contributed by atoms with Crippen molar-refractivity contribution in [2.75, 3.05) is 6.26 Å². The zero-order valence-electron chi connectivity index (χ0n) is 14.3. The predicted molar refractivity (Wildman–Crippen MR) is 100 cm³/mol. The topological polar surface area (TPSA) is 96.1 Å². The number of sulfone groups is 1. The molecule has 0 saturated carbocycles. The summed E-state index contributed by atoms with van der Waals surface area (Å²) in [6.45, 7) is 1.79. The number of H-pyrrole nitrogens is 1. The molecule has 7 heteroatoms. The van der Waals surface area contributed by atoms with Crippen LogP contribution in [0, 0.1) is 0 Å². The maximum atomic E-state index is 12.7. The number of hydrogen-bond acceptors (Lipinski definition) is 4. The van der Waals surface area contributed by atoms with Gasteiger partial charge in [0.2, 0.25) is 5.56 Å². The molecule has 0 aliphatic carbocycles. The van der Waals surface area contributed by atoms with Crippen molar-refractivity contribution in [3.05, 3.63) is 76.1 Å². The summed E-state index contributed by atoms with van der Waals surface area (Å²) in [6.07, 6.45) is 1.14. The van der Waals surface area contributed by atoms with E-state index in [4.69, 9.17) is 0 Å². The number of fused-ring (bicyclic) bond motifs is 1. The quantitative estimate of drug-likeness (QED) is 0.737. The Morgan fingerprint density at radius 1 is 1.08 bits per heavy atom. The Morgan fingerprint density at radius 3 is 2.38 bits per heavy atom. The Balaban J connectivity index is 1.87. The Morgan fingerprint density at radius 2 is 1.73 bits per heavy atom. The summed E-state index contributed by atoms with van der Waals surface area (Å²) in [7, 11) is -3.27. The van der Waals surface area contributed by atoms with Gasteiger partial charge in [0.15, 0.2) is 9.84 Å². The van der Waals surface area contributed by atoms with E-state index in [9.17, 15) is 18.0 Å².